The van der Waals surface area contributed by atoms with E-state index in [0.717, 1.165) is 16.3 Å². The van der Waals surface area contributed by atoms with Crippen LogP contribution in [-0.2, 0) is 14.4 Å². The van der Waals surface area contributed by atoms with Gasteiger partial charge in [0.15, 0.2) is 5.65 Å². The Morgan fingerprint density at radius 2 is 2.00 bits per heavy atom. The van der Waals surface area contributed by atoms with E-state index in [4.69, 9.17) is 0 Å². The number of thioether (sulfide) groups is 1. The van der Waals surface area contributed by atoms with Crippen LogP contribution in [0.5, 0.6) is 0 Å². The lowest BCUT2D eigenvalue weighted by Crippen LogP contribution is -2.71. The summed E-state index contributed by atoms with van der Waals surface area (Å²) < 4.78 is 0.0884. The van der Waals surface area contributed by atoms with Gasteiger partial charge in [-0.1, -0.05) is 23.8 Å². The van der Waals surface area contributed by atoms with Crippen LogP contribution in [0.4, 0.5) is 0 Å². The highest BCUT2D eigenvalue weighted by atomic mass is 32.2. The third-order valence-corrected chi connectivity index (χ3v) is 8.56. The zero-order chi connectivity index (χ0) is 28.1. The molecule has 13 nitrogen and oxygen atoms in total. The normalized spacial score (nSPS) is 23.9. The Labute approximate surface area is 225 Å². The molecule has 4 N–H and O–H groups in total. The number of rotatable bonds is 7. The molecular weight excluding hydrogens is 528 g/mol. The largest absolute Gasteiger partial charge is 0.480 e. The first-order valence-corrected chi connectivity index (χ1v) is 13.1. The topological polar surface area (TPSA) is 183 Å². The molecule has 2 aromatic heterocycles. The Bertz CT molecular complexity index is 1570. The second kappa shape index (κ2) is 9.84. The molecule has 2 fully saturated rings. The number of aliphatic carboxylic acids is 1. The van der Waals surface area contributed by atoms with E-state index in [1.165, 1.54) is 28.8 Å². The van der Waals surface area contributed by atoms with Crippen molar-refractivity contribution in [3.8, 4) is 0 Å². The van der Waals surface area contributed by atoms with Gasteiger partial charge in [-0.25, -0.2) is 9.78 Å². The van der Waals surface area contributed by atoms with Crippen molar-refractivity contribution in [2.24, 2.45) is 0 Å². The highest BCUT2D eigenvalue weighted by Gasteiger charge is 2.64. The van der Waals surface area contributed by atoms with E-state index in [1.807, 2.05) is 18.2 Å². The van der Waals surface area contributed by atoms with Gasteiger partial charge in [0.1, 0.15) is 29.1 Å². The third-order valence-electron chi connectivity index (χ3n) is 6.99. The first kappa shape index (κ1) is 26.4. The number of amides is 3. The number of carbonyl (C=O) groups excluding carboxylic acids is 3. The molecule has 0 spiro atoms. The second-order valence-corrected chi connectivity index (χ2v) is 11.8. The number of carboxylic acids is 1. The molecule has 3 aliphatic rings. The standard InChI is InChI=1S/C25H26N6O7S/c1-25(2)18(24(37)38)30-22(36)17(23(30)39-25)28-20(34)14(10-12-6-4-3-5-7-12)27-19(33)13-11-26-15-8-9-16(32)29-31(15)21(13)35/h3-4,7-9,11,14,17-18,23H,5-6,10H2,1-2H3,(H,27,33)(H,28,34)(H,29,32)(H,37,38)/t14?,17-,18+,23-/m1/s1. The van der Waals surface area contributed by atoms with E-state index in [-0.39, 0.29) is 17.6 Å². The number of fused-ring (bicyclic) bond motifs is 2. The zero-order valence-electron chi connectivity index (χ0n) is 21.0. The summed E-state index contributed by atoms with van der Waals surface area (Å²) in [4.78, 5) is 81.1. The van der Waals surface area contributed by atoms with Crippen molar-refractivity contribution in [3.63, 3.8) is 0 Å². The van der Waals surface area contributed by atoms with Gasteiger partial charge in [-0.2, -0.15) is 4.52 Å². The molecule has 4 atom stereocenters. The summed E-state index contributed by atoms with van der Waals surface area (Å²) in [5.41, 5.74) is -0.735. The number of H-pyrrole nitrogens is 1. The first-order valence-electron chi connectivity index (χ1n) is 12.3. The van der Waals surface area contributed by atoms with Gasteiger partial charge in [0.25, 0.3) is 17.0 Å². The van der Waals surface area contributed by atoms with Crippen LogP contribution in [0.2, 0.25) is 0 Å². The Hall–Kier alpha value is -4.20. The van der Waals surface area contributed by atoms with Crippen molar-refractivity contribution < 1.29 is 24.3 Å². The molecule has 1 aliphatic carbocycles. The fourth-order valence-electron chi connectivity index (χ4n) is 5.07. The summed E-state index contributed by atoms with van der Waals surface area (Å²) in [5.74, 6) is -3.14. The van der Waals surface area contributed by atoms with Gasteiger partial charge in [0, 0.05) is 17.0 Å². The quantitative estimate of drug-likeness (QED) is 0.265. The Kier molecular flexibility index (Phi) is 6.66. The molecule has 2 aromatic rings. The van der Waals surface area contributed by atoms with E-state index in [2.05, 4.69) is 20.7 Å². The summed E-state index contributed by atoms with van der Waals surface area (Å²) in [6.45, 7) is 3.47. The van der Waals surface area contributed by atoms with Crippen molar-refractivity contribution in [2.75, 3.05) is 0 Å². The number of β-lactam (4-membered cyclic amide) rings is 1. The van der Waals surface area contributed by atoms with Gasteiger partial charge in [-0.3, -0.25) is 29.1 Å². The minimum Gasteiger partial charge on any atom is -0.480 e. The van der Waals surface area contributed by atoms with Crippen molar-refractivity contribution >= 4 is 41.1 Å². The van der Waals surface area contributed by atoms with Crippen LogP contribution in [0.25, 0.3) is 5.65 Å². The molecule has 0 bridgehead atoms. The van der Waals surface area contributed by atoms with E-state index < -0.39 is 63.1 Å². The Balaban J connectivity index is 1.37. The van der Waals surface area contributed by atoms with Crippen molar-refractivity contribution in [1.82, 2.24) is 30.1 Å². The van der Waals surface area contributed by atoms with Gasteiger partial charge in [-0.15, -0.1) is 11.8 Å². The molecule has 0 radical (unpaired) electrons. The Morgan fingerprint density at radius 3 is 2.69 bits per heavy atom. The SMILES string of the molecule is CC1(C)S[C@@H]2[C@H](NC(=O)C(CC3=CCC=CC3)NC(=O)c3cnc4ccc(=O)[nH]n4c3=O)C(=O)N2[C@H]1C(=O)O. The van der Waals surface area contributed by atoms with Gasteiger partial charge in [0.2, 0.25) is 11.8 Å². The third kappa shape index (κ3) is 4.75. The van der Waals surface area contributed by atoms with Crippen molar-refractivity contribution in [2.45, 2.75) is 61.4 Å². The highest BCUT2D eigenvalue weighted by molar-refractivity contribution is 8.01. The van der Waals surface area contributed by atoms with E-state index in [1.54, 1.807) is 13.8 Å². The van der Waals surface area contributed by atoms with Crippen LogP contribution in [0, 0.1) is 0 Å². The maximum Gasteiger partial charge on any atom is 0.327 e. The van der Waals surface area contributed by atoms with Gasteiger partial charge >= 0.3 is 5.97 Å². The number of carbonyl (C=O) groups is 4. The lowest BCUT2D eigenvalue weighted by atomic mass is 9.95. The maximum atomic E-state index is 13.4. The van der Waals surface area contributed by atoms with Crippen molar-refractivity contribution in [1.29, 1.82) is 0 Å². The Morgan fingerprint density at radius 1 is 1.23 bits per heavy atom. The molecule has 39 heavy (non-hydrogen) atoms. The minimum atomic E-state index is -1.14. The monoisotopic (exact) mass is 554 g/mol. The average molecular weight is 555 g/mol. The molecule has 14 heteroatoms. The first-order chi connectivity index (χ1) is 18.5. The molecule has 3 amide bonds. The van der Waals surface area contributed by atoms with E-state index >= 15 is 0 Å². The zero-order valence-corrected chi connectivity index (χ0v) is 21.9. The van der Waals surface area contributed by atoms with E-state index in [9.17, 15) is 33.9 Å². The molecule has 4 heterocycles. The number of nitrogens with one attached hydrogen (secondary N) is 3. The summed E-state index contributed by atoms with van der Waals surface area (Å²) >= 11 is 1.29. The molecular formula is C25H26N6O7S. The second-order valence-electron chi connectivity index (χ2n) is 10.1. The number of aromatic amines is 1. The number of aromatic nitrogens is 3. The number of nitrogens with zero attached hydrogens (tertiary/aromatic N) is 3. The van der Waals surface area contributed by atoms with Crippen LogP contribution >= 0.6 is 11.8 Å². The number of allylic oxidation sites excluding steroid dienone is 3. The molecule has 2 aliphatic heterocycles. The fraction of sp³-hybridized carbons (Fsp3) is 0.400. The number of hydrogen-bond acceptors (Lipinski definition) is 8. The summed E-state index contributed by atoms with van der Waals surface area (Å²) in [6, 6.07) is -0.593. The van der Waals surface area contributed by atoms with Crippen LogP contribution in [-0.4, -0.2) is 76.5 Å². The predicted molar refractivity (Wildman–Crippen MR) is 140 cm³/mol. The maximum absolute atomic E-state index is 13.4. The molecule has 0 saturated carbocycles. The van der Waals surface area contributed by atoms with Crippen molar-refractivity contribution in [3.05, 3.63) is 68.4 Å². The average Bonchev–Trinajstić information content (AvgIpc) is 3.15. The van der Waals surface area contributed by atoms with Gasteiger partial charge < -0.3 is 20.6 Å². The fourth-order valence-corrected chi connectivity index (χ4v) is 6.69. The van der Waals surface area contributed by atoms with Crippen LogP contribution in [0.3, 0.4) is 0 Å². The van der Waals surface area contributed by atoms with Gasteiger partial charge in [-0.05, 0) is 39.2 Å². The predicted octanol–water partition coefficient (Wildman–Crippen LogP) is -0.221. The lowest BCUT2D eigenvalue weighted by molar-refractivity contribution is -0.161. The molecule has 1 unspecified atom stereocenters. The van der Waals surface area contributed by atoms with E-state index in [0.29, 0.717) is 12.8 Å². The molecule has 204 valence electrons. The minimum absolute atomic E-state index is 0.132. The molecule has 0 aromatic carbocycles. The summed E-state index contributed by atoms with van der Waals surface area (Å²) in [7, 11) is 0. The summed E-state index contributed by atoms with van der Waals surface area (Å²) in [5, 5.41) is 16.6. The lowest BCUT2D eigenvalue weighted by Gasteiger charge is -2.44. The molecule has 2 saturated heterocycles. The van der Waals surface area contributed by atoms with Crippen LogP contribution < -0.4 is 21.8 Å². The molecule has 5 rings (SSSR count). The van der Waals surface area contributed by atoms with Gasteiger partial charge in [0.05, 0.1) is 0 Å². The smallest absolute Gasteiger partial charge is 0.327 e. The summed E-state index contributed by atoms with van der Waals surface area (Å²) in [6.07, 6.45) is 8.29. The van der Waals surface area contributed by atoms with Crippen LogP contribution in [0.15, 0.2) is 51.7 Å². The number of hydrogen-bond donors (Lipinski definition) is 4. The number of carboxylic acid groups (broad SMARTS) is 1. The van der Waals surface area contributed by atoms with Crippen LogP contribution in [0.1, 0.15) is 43.5 Å². The highest BCUT2D eigenvalue weighted by Crippen LogP contribution is 2.50.